The molecule has 1 atom stereocenters. The van der Waals surface area contributed by atoms with Crippen LogP contribution < -0.4 is 14.8 Å². The van der Waals surface area contributed by atoms with E-state index < -0.39 is 5.97 Å². The molecule has 0 bridgehead atoms. The highest BCUT2D eigenvalue weighted by atomic mass is 16.5. The Bertz CT molecular complexity index is 969. The number of anilines is 1. The molecule has 1 unspecified atom stereocenters. The van der Waals surface area contributed by atoms with Gasteiger partial charge < -0.3 is 19.9 Å². The smallest absolute Gasteiger partial charge is 0.303 e. The van der Waals surface area contributed by atoms with Crippen LogP contribution in [0.4, 0.5) is 5.69 Å². The zero-order chi connectivity index (χ0) is 21.3. The van der Waals surface area contributed by atoms with Gasteiger partial charge in [0.2, 0.25) is 5.91 Å². The molecule has 0 saturated carbocycles. The molecule has 0 spiro atoms. The van der Waals surface area contributed by atoms with Crippen molar-refractivity contribution in [2.45, 2.75) is 18.8 Å². The van der Waals surface area contributed by atoms with Gasteiger partial charge in [-0.15, -0.1) is 0 Å². The second-order valence-corrected chi connectivity index (χ2v) is 6.76. The van der Waals surface area contributed by atoms with Crippen molar-refractivity contribution in [3.05, 3.63) is 84.4 Å². The average molecular weight is 405 g/mol. The summed E-state index contributed by atoms with van der Waals surface area (Å²) in [5.41, 5.74) is 1.45. The van der Waals surface area contributed by atoms with Gasteiger partial charge in [-0.1, -0.05) is 30.3 Å². The summed E-state index contributed by atoms with van der Waals surface area (Å²) in [4.78, 5) is 23.7. The Labute approximate surface area is 175 Å². The Balaban J connectivity index is 1.59. The van der Waals surface area contributed by atoms with E-state index in [1.54, 1.807) is 43.5 Å². The lowest BCUT2D eigenvalue weighted by Crippen LogP contribution is -2.17. The number of carboxylic acids is 1. The summed E-state index contributed by atoms with van der Waals surface area (Å²) in [6.07, 6.45) is -0.0213. The zero-order valence-corrected chi connectivity index (χ0v) is 16.6. The van der Waals surface area contributed by atoms with Crippen molar-refractivity contribution in [3.63, 3.8) is 0 Å². The van der Waals surface area contributed by atoms with Crippen molar-refractivity contribution in [2.24, 2.45) is 0 Å². The number of hydrogen-bond donors (Lipinski definition) is 2. The number of aliphatic carboxylic acids is 1. The van der Waals surface area contributed by atoms with E-state index >= 15 is 0 Å². The number of benzene rings is 3. The van der Waals surface area contributed by atoms with Gasteiger partial charge in [0.15, 0.2) is 0 Å². The predicted octanol–water partition coefficient (Wildman–Crippen LogP) is 5.07. The molecule has 0 aliphatic rings. The Kier molecular flexibility index (Phi) is 7.05. The number of carboxylic acid groups (broad SMARTS) is 1. The molecule has 1 amide bonds. The lowest BCUT2D eigenvalue weighted by atomic mass is 9.92. The number of nitrogens with one attached hydrogen (secondary N) is 1. The Hall–Kier alpha value is -3.80. The van der Waals surface area contributed by atoms with E-state index in [0.717, 1.165) is 11.3 Å². The van der Waals surface area contributed by atoms with Crippen LogP contribution in [0, 0.1) is 0 Å². The van der Waals surface area contributed by atoms with Crippen LogP contribution in [-0.2, 0) is 9.59 Å². The Morgan fingerprint density at radius 1 is 0.833 bits per heavy atom. The molecule has 3 aromatic carbocycles. The number of carbonyl (C=O) groups is 2. The number of rotatable bonds is 9. The summed E-state index contributed by atoms with van der Waals surface area (Å²) in [6, 6.07) is 23.4. The van der Waals surface area contributed by atoms with Gasteiger partial charge in [-0.25, -0.2) is 0 Å². The van der Waals surface area contributed by atoms with Gasteiger partial charge in [0, 0.05) is 18.0 Å². The minimum atomic E-state index is -0.934. The van der Waals surface area contributed by atoms with Crippen molar-refractivity contribution in [1.82, 2.24) is 0 Å². The highest BCUT2D eigenvalue weighted by Gasteiger charge is 2.19. The second kappa shape index (κ2) is 10.1. The van der Waals surface area contributed by atoms with E-state index in [-0.39, 0.29) is 24.7 Å². The van der Waals surface area contributed by atoms with Crippen LogP contribution in [0.25, 0.3) is 0 Å². The SMILES string of the molecule is COc1ccc(Oc2ccc(NC(=O)CC(CC(=O)O)c3ccccc3)cc2)cc1. The number of amides is 1. The van der Waals surface area contributed by atoms with E-state index in [2.05, 4.69) is 5.32 Å². The topological polar surface area (TPSA) is 84.9 Å². The normalized spacial score (nSPS) is 11.4. The van der Waals surface area contributed by atoms with Crippen LogP contribution in [0.5, 0.6) is 17.2 Å². The molecule has 0 saturated heterocycles. The van der Waals surface area contributed by atoms with Crippen LogP contribution >= 0.6 is 0 Å². The predicted molar refractivity (Wildman–Crippen MR) is 114 cm³/mol. The highest BCUT2D eigenvalue weighted by molar-refractivity contribution is 5.91. The molecule has 0 aromatic heterocycles. The molecule has 2 N–H and O–H groups in total. The van der Waals surface area contributed by atoms with Crippen LogP contribution in [-0.4, -0.2) is 24.1 Å². The monoisotopic (exact) mass is 405 g/mol. The van der Waals surface area contributed by atoms with Gasteiger partial charge in [0.25, 0.3) is 0 Å². The maximum absolute atomic E-state index is 12.5. The molecule has 0 aliphatic heterocycles. The summed E-state index contributed by atoms with van der Waals surface area (Å²) in [5, 5.41) is 12.0. The van der Waals surface area contributed by atoms with Crippen molar-refractivity contribution < 1.29 is 24.2 Å². The van der Waals surface area contributed by atoms with Crippen LogP contribution in [0.3, 0.4) is 0 Å². The molecule has 6 nitrogen and oxygen atoms in total. The van der Waals surface area contributed by atoms with E-state index in [1.165, 1.54) is 0 Å². The summed E-state index contributed by atoms with van der Waals surface area (Å²) >= 11 is 0. The number of methoxy groups -OCH3 is 1. The molecular formula is C24H23NO5. The Morgan fingerprint density at radius 2 is 1.40 bits per heavy atom. The standard InChI is InChI=1S/C24H23NO5/c1-29-20-11-13-22(14-12-20)30-21-9-7-19(8-10-21)25-23(26)15-18(16-24(27)28)17-5-3-2-4-6-17/h2-14,18H,15-16H2,1H3,(H,25,26)(H,27,28). The van der Waals surface area contributed by atoms with Gasteiger partial charge in [0.05, 0.1) is 13.5 Å². The fraction of sp³-hybridized carbons (Fsp3) is 0.167. The number of carbonyl (C=O) groups excluding carboxylic acids is 1. The molecule has 3 rings (SSSR count). The van der Waals surface area contributed by atoms with Gasteiger partial charge in [0.1, 0.15) is 17.2 Å². The molecule has 0 fully saturated rings. The second-order valence-electron chi connectivity index (χ2n) is 6.76. The molecule has 6 heteroatoms. The fourth-order valence-corrected chi connectivity index (χ4v) is 3.07. The first kappa shape index (κ1) is 20.9. The van der Waals surface area contributed by atoms with Gasteiger partial charge in [-0.05, 0) is 54.1 Å². The zero-order valence-electron chi connectivity index (χ0n) is 16.6. The Morgan fingerprint density at radius 3 is 1.97 bits per heavy atom. The van der Waals surface area contributed by atoms with Crippen LogP contribution in [0.15, 0.2) is 78.9 Å². The van der Waals surface area contributed by atoms with Crippen LogP contribution in [0.1, 0.15) is 24.3 Å². The molecule has 154 valence electrons. The first-order valence-electron chi connectivity index (χ1n) is 9.52. The van der Waals surface area contributed by atoms with Gasteiger partial charge in [-0.2, -0.15) is 0 Å². The molecule has 30 heavy (non-hydrogen) atoms. The summed E-state index contributed by atoms with van der Waals surface area (Å²) in [5.74, 6) is 0.488. The maximum atomic E-state index is 12.5. The number of hydrogen-bond acceptors (Lipinski definition) is 4. The summed E-state index contributed by atoms with van der Waals surface area (Å²) in [7, 11) is 1.60. The fourth-order valence-electron chi connectivity index (χ4n) is 3.07. The quantitative estimate of drug-likeness (QED) is 0.519. The van der Waals surface area contributed by atoms with E-state index in [9.17, 15) is 14.7 Å². The van der Waals surface area contributed by atoms with E-state index in [4.69, 9.17) is 9.47 Å². The minimum Gasteiger partial charge on any atom is -0.497 e. The highest BCUT2D eigenvalue weighted by Crippen LogP contribution is 2.26. The van der Waals surface area contributed by atoms with Crippen molar-refractivity contribution >= 4 is 17.6 Å². The van der Waals surface area contributed by atoms with Crippen molar-refractivity contribution in [3.8, 4) is 17.2 Å². The largest absolute Gasteiger partial charge is 0.497 e. The van der Waals surface area contributed by atoms with E-state index in [0.29, 0.717) is 17.2 Å². The molecular weight excluding hydrogens is 382 g/mol. The third kappa shape index (κ3) is 6.10. The molecule has 0 radical (unpaired) electrons. The molecule has 3 aromatic rings. The lowest BCUT2D eigenvalue weighted by Gasteiger charge is -2.15. The lowest BCUT2D eigenvalue weighted by molar-refractivity contribution is -0.137. The first-order chi connectivity index (χ1) is 14.5. The van der Waals surface area contributed by atoms with Crippen molar-refractivity contribution in [1.29, 1.82) is 0 Å². The molecule has 0 aliphatic carbocycles. The minimum absolute atomic E-state index is 0.0837. The van der Waals surface area contributed by atoms with Gasteiger partial charge in [-0.3, -0.25) is 9.59 Å². The van der Waals surface area contributed by atoms with E-state index in [1.807, 2.05) is 42.5 Å². The van der Waals surface area contributed by atoms with Gasteiger partial charge >= 0.3 is 5.97 Å². The third-order valence-electron chi connectivity index (χ3n) is 4.56. The van der Waals surface area contributed by atoms with Crippen LogP contribution in [0.2, 0.25) is 0 Å². The molecule has 0 heterocycles. The average Bonchev–Trinajstić information content (AvgIpc) is 2.75. The third-order valence-corrected chi connectivity index (χ3v) is 4.56. The summed E-state index contributed by atoms with van der Waals surface area (Å²) in [6.45, 7) is 0. The maximum Gasteiger partial charge on any atom is 0.303 e. The first-order valence-corrected chi connectivity index (χ1v) is 9.52. The summed E-state index contributed by atoms with van der Waals surface area (Å²) < 4.78 is 10.9. The van der Waals surface area contributed by atoms with Crippen molar-refractivity contribution in [2.75, 3.05) is 12.4 Å². The number of ether oxygens (including phenoxy) is 2.